The van der Waals surface area contributed by atoms with Crippen LogP contribution in [-0.2, 0) is 9.53 Å². The molecule has 0 saturated heterocycles. The summed E-state index contributed by atoms with van der Waals surface area (Å²) in [6.45, 7) is 6.07. The Morgan fingerprint density at radius 2 is 1.95 bits per heavy atom. The predicted molar refractivity (Wildman–Crippen MR) is 77.9 cm³/mol. The Bertz CT molecular complexity index is 261. The van der Waals surface area contributed by atoms with E-state index in [1.807, 2.05) is 13.8 Å². The third kappa shape index (κ3) is 5.49. The van der Waals surface area contributed by atoms with E-state index in [1.165, 1.54) is 6.42 Å². The van der Waals surface area contributed by atoms with E-state index in [-0.39, 0.29) is 17.4 Å². The number of nitrogens with two attached hydrogens (primary N) is 1. The molecule has 1 amide bonds. The van der Waals surface area contributed by atoms with Gasteiger partial charge in [0.2, 0.25) is 5.91 Å². The smallest absolute Gasteiger partial charge is 0.227 e. The molecule has 0 bridgehead atoms. The average Bonchev–Trinajstić information content (AvgIpc) is 2.42. The van der Waals surface area contributed by atoms with Gasteiger partial charge in [-0.2, -0.15) is 0 Å². The van der Waals surface area contributed by atoms with E-state index in [2.05, 4.69) is 5.32 Å². The van der Waals surface area contributed by atoms with Crippen LogP contribution in [-0.4, -0.2) is 31.7 Å². The standard InChI is InChI=1S/C15H30N2O2/c1-13(2)19-11-7-6-10-17-14(18)15(12-16)8-4-3-5-9-15/h13H,3-12,16H2,1-2H3,(H,17,18). The van der Waals surface area contributed by atoms with Crippen LogP contribution in [0.15, 0.2) is 0 Å². The van der Waals surface area contributed by atoms with Gasteiger partial charge >= 0.3 is 0 Å². The van der Waals surface area contributed by atoms with Crippen LogP contribution in [0.25, 0.3) is 0 Å². The highest BCUT2D eigenvalue weighted by molar-refractivity contribution is 5.82. The average molecular weight is 270 g/mol. The molecule has 1 saturated carbocycles. The summed E-state index contributed by atoms with van der Waals surface area (Å²) in [5.74, 6) is 0.166. The van der Waals surface area contributed by atoms with Crippen LogP contribution < -0.4 is 11.1 Å². The highest BCUT2D eigenvalue weighted by Gasteiger charge is 2.37. The summed E-state index contributed by atoms with van der Waals surface area (Å²) in [6.07, 6.45) is 7.66. The number of carbonyl (C=O) groups is 1. The van der Waals surface area contributed by atoms with Crippen molar-refractivity contribution in [2.24, 2.45) is 11.1 Å². The highest BCUT2D eigenvalue weighted by atomic mass is 16.5. The van der Waals surface area contributed by atoms with Gasteiger partial charge in [0.15, 0.2) is 0 Å². The van der Waals surface area contributed by atoms with E-state index >= 15 is 0 Å². The van der Waals surface area contributed by atoms with Crippen LogP contribution in [0.4, 0.5) is 0 Å². The van der Waals surface area contributed by atoms with Gasteiger partial charge in [-0.1, -0.05) is 19.3 Å². The van der Waals surface area contributed by atoms with Gasteiger partial charge in [-0.15, -0.1) is 0 Å². The molecule has 112 valence electrons. The van der Waals surface area contributed by atoms with Crippen molar-refractivity contribution in [1.29, 1.82) is 0 Å². The van der Waals surface area contributed by atoms with Gasteiger partial charge in [0.1, 0.15) is 0 Å². The zero-order chi connectivity index (χ0) is 14.1. The minimum Gasteiger partial charge on any atom is -0.379 e. The fourth-order valence-corrected chi connectivity index (χ4v) is 2.69. The maximum Gasteiger partial charge on any atom is 0.227 e. The Kier molecular flexibility index (Phi) is 7.39. The zero-order valence-corrected chi connectivity index (χ0v) is 12.5. The Balaban J connectivity index is 2.18. The van der Waals surface area contributed by atoms with Gasteiger partial charge < -0.3 is 15.8 Å². The molecule has 0 aliphatic heterocycles. The normalized spacial score (nSPS) is 18.5. The second-order valence-electron chi connectivity index (χ2n) is 5.93. The maximum absolute atomic E-state index is 12.3. The van der Waals surface area contributed by atoms with E-state index in [0.29, 0.717) is 6.54 Å². The molecule has 0 aromatic heterocycles. The fourth-order valence-electron chi connectivity index (χ4n) is 2.69. The second-order valence-corrected chi connectivity index (χ2v) is 5.93. The van der Waals surface area contributed by atoms with Crippen molar-refractivity contribution >= 4 is 5.91 Å². The molecule has 0 aromatic carbocycles. The third-order valence-corrected chi connectivity index (χ3v) is 3.99. The minimum absolute atomic E-state index is 0.166. The first-order chi connectivity index (χ1) is 9.10. The van der Waals surface area contributed by atoms with Crippen molar-refractivity contribution in [3.05, 3.63) is 0 Å². The molecule has 1 fully saturated rings. The van der Waals surface area contributed by atoms with Crippen LogP contribution in [0.5, 0.6) is 0 Å². The van der Waals surface area contributed by atoms with Crippen molar-refractivity contribution in [2.45, 2.75) is 64.9 Å². The predicted octanol–water partition coefficient (Wildman–Crippen LogP) is 2.22. The fraction of sp³-hybridized carbons (Fsp3) is 0.933. The summed E-state index contributed by atoms with van der Waals surface area (Å²) in [4.78, 5) is 12.3. The molecule has 0 heterocycles. The van der Waals surface area contributed by atoms with Crippen molar-refractivity contribution in [3.8, 4) is 0 Å². The number of amides is 1. The van der Waals surface area contributed by atoms with Gasteiger partial charge in [0.05, 0.1) is 11.5 Å². The molecule has 4 nitrogen and oxygen atoms in total. The van der Waals surface area contributed by atoms with Crippen molar-refractivity contribution in [1.82, 2.24) is 5.32 Å². The second kappa shape index (κ2) is 8.54. The van der Waals surface area contributed by atoms with E-state index in [1.54, 1.807) is 0 Å². The minimum atomic E-state index is -0.285. The van der Waals surface area contributed by atoms with Gasteiger partial charge in [-0.25, -0.2) is 0 Å². The zero-order valence-electron chi connectivity index (χ0n) is 12.5. The number of ether oxygens (including phenoxy) is 1. The summed E-state index contributed by atoms with van der Waals surface area (Å²) in [5.41, 5.74) is 5.56. The SMILES string of the molecule is CC(C)OCCCCNC(=O)C1(CN)CCCCC1. The maximum atomic E-state index is 12.3. The highest BCUT2D eigenvalue weighted by Crippen LogP contribution is 2.35. The summed E-state index contributed by atoms with van der Waals surface area (Å²) in [5, 5.41) is 3.06. The number of nitrogens with one attached hydrogen (secondary N) is 1. The molecule has 0 spiro atoms. The first-order valence-corrected chi connectivity index (χ1v) is 7.71. The number of carbonyl (C=O) groups excluding carboxylic acids is 1. The lowest BCUT2D eigenvalue weighted by Gasteiger charge is -2.34. The van der Waals surface area contributed by atoms with Crippen LogP contribution >= 0.6 is 0 Å². The Morgan fingerprint density at radius 3 is 2.53 bits per heavy atom. The Labute approximate surface area is 117 Å². The molecule has 0 unspecified atom stereocenters. The van der Waals surface area contributed by atoms with Crippen LogP contribution in [0.3, 0.4) is 0 Å². The van der Waals surface area contributed by atoms with Crippen molar-refractivity contribution in [3.63, 3.8) is 0 Å². The molecule has 19 heavy (non-hydrogen) atoms. The first kappa shape index (κ1) is 16.4. The van der Waals surface area contributed by atoms with Gasteiger partial charge in [-0.05, 0) is 39.5 Å². The Morgan fingerprint density at radius 1 is 1.26 bits per heavy atom. The molecule has 0 atom stereocenters. The number of hydrogen-bond donors (Lipinski definition) is 2. The van der Waals surface area contributed by atoms with Crippen molar-refractivity contribution < 1.29 is 9.53 Å². The summed E-state index contributed by atoms with van der Waals surface area (Å²) < 4.78 is 5.47. The topological polar surface area (TPSA) is 64.3 Å². The number of unbranched alkanes of at least 4 members (excludes halogenated alkanes) is 1. The molecule has 1 aliphatic rings. The van der Waals surface area contributed by atoms with Gasteiger partial charge in [-0.3, -0.25) is 4.79 Å². The molecule has 1 rings (SSSR count). The van der Waals surface area contributed by atoms with E-state index in [4.69, 9.17) is 10.5 Å². The molecule has 4 heteroatoms. The quantitative estimate of drug-likeness (QED) is 0.665. The monoisotopic (exact) mass is 270 g/mol. The van der Waals surface area contributed by atoms with E-state index in [0.717, 1.165) is 51.7 Å². The number of rotatable bonds is 8. The lowest BCUT2D eigenvalue weighted by Crippen LogP contribution is -2.47. The lowest BCUT2D eigenvalue weighted by molar-refractivity contribution is -0.132. The van der Waals surface area contributed by atoms with Gasteiger partial charge in [0.25, 0.3) is 0 Å². The number of hydrogen-bond acceptors (Lipinski definition) is 3. The molecule has 0 aromatic rings. The van der Waals surface area contributed by atoms with Crippen molar-refractivity contribution in [2.75, 3.05) is 19.7 Å². The largest absolute Gasteiger partial charge is 0.379 e. The lowest BCUT2D eigenvalue weighted by atomic mass is 9.73. The Hall–Kier alpha value is -0.610. The third-order valence-electron chi connectivity index (χ3n) is 3.99. The molecule has 0 radical (unpaired) electrons. The van der Waals surface area contributed by atoms with Gasteiger partial charge in [0, 0.05) is 19.7 Å². The molecular formula is C15H30N2O2. The van der Waals surface area contributed by atoms with Crippen LogP contribution in [0.1, 0.15) is 58.8 Å². The van der Waals surface area contributed by atoms with E-state index < -0.39 is 0 Å². The molecule has 1 aliphatic carbocycles. The molecule has 3 N–H and O–H groups in total. The molecular weight excluding hydrogens is 240 g/mol. The first-order valence-electron chi connectivity index (χ1n) is 7.71. The van der Waals surface area contributed by atoms with Crippen LogP contribution in [0, 0.1) is 5.41 Å². The van der Waals surface area contributed by atoms with E-state index in [9.17, 15) is 4.79 Å². The summed E-state index contributed by atoms with van der Waals surface area (Å²) in [7, 11) is 0. The summed E-state index contributed by atoms with van der Waals surface area (Å²) >= 11 is 0. The van der Waals surface area contributed by atoms with Crippen LogP contribution in [0.2, 0.25) is 0 Å². The summed E-state index contributed by atoms with van der Waals surface area (Å²) in [6, 6.07) is 0.